The van der Waals surface area contributed by atoms with Crippen molar-refractivity contribution in [3.63, 3.8) is 0 Å². The maximum Gasteiger partial charge on any atom is 0.259 e. The molecule has 138 valence electrons. The van der Waals surface area contributed by atoms with Gasteiger partial charge in [-0.1, -0.05) is 43.0 Å². The normalized spacial score (nSPS) is 16.0. The topological polar surface area (TPSA) is 52.7 Å². The van der Waals surface area contributed by atoms with Gasteiger partial charge in [-0.3, -0.25) is 14.5 Å². The number of para-hydroxylation sites is 1. The number of benzene rings is 2. The van der Waals surface area contributed by atoms with Gasteiger partial charge in [0.2, 0.25) is 5.91 Å². The molecule has 1 fully saturated rings. The minimum Gasteiger partial charge on any atom is -0.371 e. The fourth-order valence-electron chi connectivity index (χ4n) is 3.82. The highest BCUT2D eigenvalue weighted by Crippen LogP contribution is 2.30. The van der Waals surface area contributed by atoms with Crippen LogP contribution in [0.4, 0.5) is 5.69 Å². The van der Waals surface area contributed by atoms with Crippen LogP contribution in [0.25, 0.3) is 5.70 Å². The van der Waals surface area contributed by atoms with E-state index < -0.39 is 0 Å². The molecule has 2 amide bonds. The van der Waals surface area contributed by atoms with Crippen molar-refractivity contribution in [3.05, 3.63) is 71.8 Å². The average molecular weight is 361 g/mol. The zero-order valence-electron chi connectivity index (χ0n) is 15.3. The monoisotopic (exact) mass is 361 g/mol. The lowest BCUT2D eigenvalue weighted by molar-refractivity contribution is -0.121. The molecule has 0 unspecified atom stereocenters. The molecule has 0 saturated carbocycles. The molecular formula is C22H23N3O2. The van der Waals surface area contributed by atoms with Crippen LogP contribution in [0.2, 0.25) is 0 Å². The van der Waals surface area contributed by atoms with Crippen LogP contribution in [0.1, 0.15) is 34.3 Å². The fraction of sp³-hybridized carbons (Fsp3) is 0.273. The lowest BCUT2D eigenvalue weighted by Gasteiger charge is -2.22. The Kier molecular flexibility index (Phi) is 4.67. The van der Waals surface area contributed by atoms with Gasteiger partial charge in [-0.2, -0.15) is 0 Å². The van der Waals surface area contributed by atoms with E-state index in [1.807, 2.05) is 36.4 Å². The number of hydrogen-bond donors (Lipinski definition) is 1. The zero-order valence-corrected chi connectivity index (χ0v) is 15.3. The Bertz CT molecular complexity index is 865. The number of fused-ring (bicyclic) bond motifs is 1. The van der Waals surface area contributed by atoms with Gasteiger partial charge in [0.15, 0.2) is 0 Å². The van der Waals surface area contributed by atoms with Gasteiger partial charge in [-0.05, 0) is 30.5 Å². The Morgan fingerprint density at radius 1 is 1.00 bits per heavy atom. The number of hydrogen-bond acceptors (Lipinski definition) is 3. The SMILES string of the molecule is C=C1c2ccccc2C(=O)N1CC(=O)NCc1ccccc1N1CCCC1. The first-order valence-corrected chi connectivity index (χ1v) is 9.35. The Morgan fingerprint density at radius 2 is 1.67 bits per heavy atom. The lowest BCUT2D eigenvalue weighted by Crippen LogP contribution is -2.36. The van der Waals surface area contributed by atoms with Crippen molar-refractivity contribution in [1.82, 2.24) is 10.2 Å². The predicted molar refractivity (Wildman–Crippen MR) is 106 cm³/mol. The Morgan fingerprint density at radius 3 is 2.41 bits per heavy atom. The molecular weight excluding hydrogens is 338 g/mol. The van der Waals surface area contributed by atoms with Crippen molar-refractivity contribution in [2.75, 3.05) is 24.5 Å². The van der Waals surface area contributed by atoms with Gasteiger partial charge in [0.25, 0.3) is 5.91 Å². The molecule has 1 N–H and O–H groups in total. The first-order valence-electron chi connectivity index (χ1n) is 9.35. The van der Waals surface area contributed by atoms with Gasteiger partial charge in [0.1, 0.15) is 6.54 Å². The zero-order chi connectivity index (χ0) is 18.8. The third kappa shape index (κ3) is 3.33. The van der Waals surface area contributed by atoms with E-state index in [-0.39, 0.29) is 18.4 Å². The minimum absolute atomic E-state index is 0.0156. The Labute approximate surface area is 159 Å². The molecule has 1 saturated heterocycles. The molecule has 0 radical (unpaired) electrons. The molecule has 0 aromatic heterocycles. The summed E-state index contributed by atoms with van der Waals surface area (Å²) in [6, 6.07) is 15.5. The van der Waals surface area contributed by atoms with Crippen molar-refractivity contribution in [1.29, 1.82) is 0 Å². The van der Waals surface area contributed by atoms with Crippen LogP contribution in [-0.2, 0) is 11.3 Å². The van der Waals surface area contributed by atoms with Crippen molar-refractivity contribution < 1.29 is 9.59 Å². The van der Waals surface area contributed by atoms with Gasteiger partial charge >= 0.3 is 0 Å². The molecule has 4 rings (SSSR count). The molecule has 2 heterocycles. The quantitative estimate of drug-likeness (QED) is 0.891. The number of rotatable bonds is 5. The van der Waals surface area contributed by atoms with Crippen LogP contribution in [0.3, 0.4) is 0 Å². The molecule has 5 nitrogen and oxygen atoms in total. The van der Waals surface area contributed by atoms with E-state index in [4.69, 9.17) is 0 Å². The number of amides is 2. The smallest absolute Gasteiger partial charge is 0.259 e. The summed E-state index contributed by atoms with van der Waals surface area (Å²) in [5, 5.41) is 2.96. The fourth-order valence-corrected chi connectivity index (χ4v) is 3.82. The van der Waals surface area contributed by atoms with E-state index in [0.29, 0.717) is 17.8 Å². The van der Waals surface area contributed by atoms with Crippen LogP contribution < -0.4 is 10.2 Å². The summed E-state index contributed by atoms with van der Waals surface area (Å²) in [4.78, 5) is 28.8. The molecule has 27 heavy (non-hydrogen) atoms. The second-order valence-electron chi connectivity index (χ2n) is 6.98. The molecule has 2 aliphatic rings. The average Bonchev–Trinajstić information content (AvgIpc) is 3.31. The Hall–Kier alpha value is -3.08. The minimum atomic E-state index is -0.187. The van der Waals surface area contributed by atoms with Gasteiger partial charge in [0.05, 0.1) is 0 Å². The van der Waals surface area contributed by atoms with E-state index in [1.54, 1.807) is 6.07 Å². The first kappa shape index (κ1) is 17.3. The summed E-state index contributed by atoms with van der Waals surface area (Å²) >= 11 is 0. The van der Waals surface area contributed by atoms with Crippen molar-refractivity contribution in [3.8, 4) is 0 Å². The predicted octanol–water partition coefficient (Wildman–Crippen LogP) is 3.03. The number of nitrogens with zero attached hydrogens (tertiary/aromatic N) is 2. The van der Waals surface area contributed by atoms with Crippen molar-refractivity contribution in [2.45, 2.75) is 19.4 Å². The van der Waals surface area contributed by atoms with Crippen LogP contribution >= 0.6 is 0 Å². The van der Waals surface area contributed by atoms with Gasteiger partial charge in [0, 0.05) is 42.1 Å². The molecule has 0 atom stereocenters. The van der Waals surface area contributed by atoms with Gasteiger partial charge in [-0.15, -0.1) is 0 Å². The Balaban J connectivity index is 1.40. The largest absolute Gasteiger partial charge is 0.371 e. The summed E-state index contributed by atoms with van der Waals surface area (Å²) in [6.07, 6.45) is 2.42. The molecule has 2 aromatic rings. The summed E-state index contributed by atoms with van der Waals surface area (Å²) < 4.78 is 0. The summed E-state index contributed by atoms with van der Waals surface area (Å²) in [5.74, 6) is -0.350. The molecule has 5 heteroatoms. The second-order valence-corrected chi connectivity index (χ2v) is 6.98. The summed E-state index contributed by atoms with van der Waals surface area (Å²) in [7, 11) is 0. The molecule has 2 aliphatic heterocycles. The molecule has 0 aliphatic carbocycles. The van der Waals surface area contributed by atoms with Crippen LogP contribution in [0, 0.1) is 0 Å². The standard InChI is InChI=1S/C22H23N3O2/c1-16-18-9-3-4-10-19(18)22(27)25(16)15-21(26)23-14-17-8-2-5-11-20(17)24-12-6-7-13-24/h2-5,8-11H,1,6-7,12-15H2,(H,23,26). The highest BCUT2D eigenvalue weighted by molar-refractivity contribution is 6.10. The number of carbonyl (C=O) groups excluding carboxylic acids is 2. The summed E-state index contributed by atoms with van der Waals surface area (Å²) in [6.45, 7) is 6.54. The molecule has 0 spiro atoms. The van der Waals surface area contributed by atoms with E-state index >= 15 is 0 Å². The highest BCUT2D eigenvalue weighted by atomic mass is 16.2. The third-order valence-electron chi connectivity index (χ3n) is 5.26. The summed E-state index contributed by atoms with van der Waals surface area (Å²) in [5.41, 5.74) is 4.28. The maximum atomic E-state index is 12.5. The van der Waals surface area contributed by atoms with Crippen LogP contribution in [0.15, 0.2) is 55.1 Å². The number of nitrogens with one attached hydrogen (secondary N) is 1. The van der Waals surface area contributed by atoms with E-state index in [1.165, 1.54) is 23.4 Å². The van der Waals surface area contributed by atoms with E-state index in [2.05, 4.69) is 22.9 Å². The maximum absolute atomic E-state index is 12.5. The number of carbonyl (C=O) groups is 2. The lowest BCUT2D eigenvalue weighted by atomic mass is 10.1. The molecule has 0 bridgehead atoms. The highest BCUT2D eigenvalue weighted by Gasteiger charge is 2.31. The van der Waals surface area contributed by atoms with E-state index in [0.717, 1.165) is 24.2 Å². The van der Waals surface area contributed by atoms with Crippen molar-refractivity contribution in [2.24, 2.45) is 0 Å². The second kappa shape index (κ2) is 7.27. The number of anilines is 1. The molecule has 2 aromatic carbocycles. The third-order valence-corrected chi connectivity index (χ3v) is 5.26. The van der Waals surface area contributed by atoms with Crippen LogP contribution in [0.5, 0.6) is 0 Å². The van der Waals surface area contributed by atoms with E-state index in [9.17, 15) is 9.59 Å². The van der Waals surface area contributed by atoms with Crippen LogP contribution in [-0.4, -0.2) is 36.3 Å². The van der Waals surface area contributed by atoms with Crippen molar-refractivity contribution >= 4 is 23.2 Å². The first-order chi connectivity index (χ1) is 13.1. The van der Waals surface area contributed by atoms with Gasteiger partial charge in [-0.25, -0.2) is 0 Å². The van der Waals surface area contributed by atoms with Gasteiger partial charge < -0.3 is 10.2 Å².